The number of amides is 2. The van der Waals surface area contributed by atoms with Gasteiger partial charge in [-0.05, 0) is 37.0 Å². The Bertz CT molecular complexity index is 486. The van der Waals surface area contributed by atoms with E-state index in [0.717, 1.165) is 5.56 Å². The molecule has 1 aromatic carbocycles. The second kappa shape index (κ2) is 7.76. The smallest absolute Gasteiger partial charge is 0.242 e. The molecule has 2 atom stereocenters. The van der Waals surface area contributed by atoms with Gasteiger partial charge in [0.05, 0.1) is 0 Å². The summed E-state index contributed by atoms with van der Waals surface area (Å²) in [7, 11) is 0. The first kappa shape index (κ1) is 17.1. The summed E-state index contributed by atoms with van der Waals surface area (Å²) in [5, 5.41) is 5.49. The van der Waals surface area contributed by atoms with E-state index >= 15 is 0 Å². The molecule has 0 aliphatic heterocycles. The van der Waals surface area contributed by atoms with Gasteiger partial charge in [-0.15, -0.1) is 0 Å². The highest BCUT2D eigenvalue weighted by Crippen LogP contribution is 2.11. The van der Waals surface area contributed by atoms with E-state index < -0.39 is 6.04 Å². The molecular weight excluding hydrogens is 271 g/mol. The van der Waals surface area contributed by atoms with Crippen molar-refractivity contribution in [3.05, 3.63) is 35.6 Å². The van der Waals surface area contributed by atoms with Crippen LogP contribution < -0.4 is 10.6 Å². The van der Waals surface area contributed by atoms with Gasteiger partial charge in [0.2, 0.25) is 11.8 Å². The lowest BCUT2D eigenvalue weighted by molar-refractivity contribution is -0.128. The van der Waals surface area contributed by atoms with Crippen LogP contribution >= 0.6 is 0 Å². The van der Waals surface area contributed by atoms with Crippen LogP contribution in [0, 0.1) is 11.7 Å². The quantitative estimate of drug-likeness (QED) is 0.843. The normalized spacial score (nSPS) is 13.6. The highest BCUT2D eigenvalue weighted by atomic mass is 19.1. The average molecular weight is 294 g/mol. The Morgan fingerprint density at radius 1 is 1.10 bits per heavy atom. The zero-order valence-corrected chi connectivity index (χ0v) is 12.9. The van der Waals surface area contributed by atoms with E-state index in [9.17, 15) is 14.0 Å². The lowest BCUT2D eigenvalue weighted by atomic mass is 9.96. The van der Waals surface area contributed by atoms with E-state index in [1.807, 2.05) is 13.8 Å². The molecule has 0 aliphatic rings. The van der Waals surface area contributed by atoms with Crippen molar-refractivity contribution in [2.24, 2.45) is 5.92 Å². The Kier molecular flexibility index (Phi) is 6.34. The summed E-state index contributed by atoms with van der Waals surface area (Å²) >= 11 is 0. The van der Waals surface area contributed by atoms with Gasteiger partial charge in [-0.1, -0.05) is 26.0 Å². The number of hydrogen-bond donors (Lipinski definition) is 2. The summed E-state index contributed by atoms with van der Waals surface area (Å²) in [6, 6.07) is 5.61. The number of halogens is 1. The fourth-order valence-corrected chi connectivity index (χ4v) is 2.01. The first-order chi connectivity index (χ1) is 9.79. The van der Waals surface area contributed by atoms with Crippen molar-refractivity contribution >= 4 is 11.8 Å². The van der Waals surface area contributed by atoms with Crippen molar-refractivity contribution in [3.63, 3.8) is 0 Å². The summed E-state index contributed by atoms with van der Waals surface area (Å²) in [5.74, 6) is -0.505. The molecule has 0 aliphatic carbocycles. The molecule has 1 aromatic rings. The Morgan fingerprint density at radius 3 is 2.14 bits per heavy atom. The van der Waals surface area contributed by atoms with Gasteiger partial charge in [-0.25, -0.2) is 4.39 Å². The van der Waals surface area contributed by atoms with E-state index in [1.54, 1.807) is 19.1 Å². The molecule has 0 bridgehead atoms. The molecule has 4 nitrogen and oxygen atoms in total. The van der Waals surface area contributed by atoms with Crippen LogP contribution in [0.1, 0.15) is 33.3 Å². The van der Waals surface area contributed by atoms with Crippen LogP contribution in [0.2, 0.25) is 0 Å². The van der Waals surface area contributed by atoms with Crippen molar-refractivity contribution in [1.29, 1.82) is 0 Å². The van der Waals surface area contributed by atoms with Crippen molar-refractivity contribution in [2.75, 3.05) is 0 Å². The van der Waals surface area contributed by atoms with Gasteiger partial charge in [0, 0.05) is 13.0 Å². The zero-order valence-electron chi connectivity index (χ0n) is 12.9. The van der Waals surface area contributed by atoms with Crippen LogP contribution in [-0.4, -0.2) is 23.9 Å². The second-order valence-corrected chi connectivity index (χ2v) is 5.61. The minimum Gasteiger partial charge on any atom is -0.351 e. The third kappa shape index (κ3) is 5.94. The Labute approximate surface area is 125 Å². The summed E-state index contributed by atoms with van der Waals surface area (Å²) in [6.07, 6.45) is 0.622. The van der Waals surface area contributed by atoms with Crippen molar-refractivity contribution in [3.8, 4) is 0 Å². The SMILES string of the molecule is CC(=O)N[C@H](C)C(=O)N[C@@H](Cc1ccc(F)cc1)C(C)C. The van der Waals surface area contributed by atoms with Crippen LogP contribution in [0.3, 0.4) is 0 Å². The topological polar surface area (TPSA) is 58.2 Å². The number of carbonyl (C=O) groups excluding carboxylic acids is 2. The molecule has 2 N–H and O–H groups in total. The molecule has 0 radical (unpaired) electrons. The number of hydrogen-bond acceptors (Lipinski definition) is 2. The molecule has 0 saturated carbocycles. The zero-order chi connectivity index (χ0) is 16.0. The molecule has 5 heteroatoms. The van der Waals surface area contributed by atoms with E-state index in [1.165, 1.54) is 19.1 Å². The predicted molar refractivity (Wildman–Crippen MR) is 80.2 cm³/mol. The maximum Gasteiger partial charge on any atom is 0.242 e. The van der Waals surface area contributed by atoms with Gasteiger partial charge >= 0.3 is 0 Å². The van der Waals surface area contributed by atoms with Gasteiger partial charge in [0.1, 0.15) is 11.9 Å². The Balaban J connectivity index is 2.67. The Hall–Kier alpha value is -1.91. The number of carbonyl (C=O) groups is 2. The molecule has 116 valence electrons. The minimum absolute atomic E-state index is 0.0702. The van der Waals surface area contributed by atoms with Crippen molar-refractivity contribution < 1.29 is 14.0 Å². The monoisotopic (exact) mass is 294 g/mol. The molecule has 2 amide bonds. The van der Waals surface area contributed by atoms with Crippen LogP contribution in [0.4, 0.5) is 4.39 Å². The van der Waals surface area contributed by atoms with Gasteiger partial charge in [-0.2, -0.15) is 0 Å². The largest absolute Gasteiger partial charge is 0.351 e. The summed E-state index contributed by atoms with van der Waals surface area (Å²) in [6.45, 7) is 7.04. The lowest BCUT2D eigenvalue weighted by Gasteiger charge is -2.24. The maximum absolute atomic E-state index is 12.9. The summed E-state index contributed by atoms with van der Waals surface area (Å²) < 4.78 is 12.9. The summed E-state index contributed by atoms with van der Waals surface area (Å²) in [5.41, 5.74) is 0.961. The molecular formula is C16H23FN2O2. The van der Waals surface area contributed by atoms with Gasteiger partial charge in [0.25, 0.3) is 0 Å². The molecule has 0 aromatic heterocycles. The van der Waals surface area contributed by atoms with Gasteiger partial charge in [0.15, 0.2) is 0 Å². The van der Waals surface area contributed by atoms with Crippen LogP contribution in [0.5, 0.6) is 0 Å². The number of rotatable bonds is 6. The molecule has 0 unspecified atom stereocenters. The van der Waals surface area contributed by atoms with Crippen LogP contribution in [-0.2, 0) is 16.0 Å². The number of benzene rings is 1. The lowest BCUT2D eigenvalue weighted by Crippen LogP contribution is -2.49. The van der Waals surface area contributed by atoms with Crippen molar-refractivity contribution in [1.82, 2.24) is 10.6 Å². The molecule has 0 spiro atoms. The number of nitrogens with one attached hydrogen (secondary N) is 2. The van der Waals surface area contributed by atoms with E-state index in [2.05, 4.69) is 10.6 Å². The van der Waals surface area contributed by atoms with Crippen molar-refractivity contribution in [2.45, 2.75) is 46.2 Å². The Morgan fingerprint density at radius 2 is 1.67 bits per heavy atom. The minimum atomic E-state index is -0.572. The standard InChI is InChI=1S/C16H23FN2O2/c1-10(2)15(9-13-5-7-14(17)8-6-13)19-16(21)11(3)18-12(4)20/h5-8,10-11,15H,9H2,1-4H3,(H,18,20)(H,19,21)/t11-,15+/m1/s1. The fourth-order valence-electron chi connectivity index (χ4n) is 2.01. The molecule has 21 heavy (non-hydrogen) atoms. The third-order valence-electron chi connectivity index (χ3n) is 3.31. The first-order valence-corrected chi connectivity index (χ1v) is 7.11. The van der Waals surface area contributed by atoms with Gasteiger partial charge < -0.3 is 10.6 Å². The van der Waals surface area contributed by atoms with Gasteiger partial charge in [-0.3, -0.25) is 9.59 Å². The first-order valence-electron chi connectivity index (χ1n) is 7.11. The molecule has 0 heterocycles. The van der Waals surface area contributed by atoms with Crippen LogP contribution in [0.25, 0.3) is 0 Å². The van der Waals surface area contributed by atoms with E-state index in [0.29, 0.717) is 6.42 Å². The maximum atomic E-state index is 12.9. The molecule has 0 saturated heterocycles. The highest BCUT2D eigenvalue weighted by Gasteiger charge is 2.20. The average Bonchev–Trinajstić information content (AvgIpc) is 2.39. The molecule has 1 rings (SSSR count). The second-order valence-electron chi connectivity index (χ2n) is 5.61. The van der Waals surface area contributed by atoms with E-state index in [4.69, 9.17) is 0 Å². The predicted octanol–water partition coefficient (Wildman–Crippen LogP) is 2.03. The molecule has 0 fully saturated rings. The van der Waals surface area contributed by atoms with E-state index in [-0.39, 0.29) is 29.6 Å². The highest BCUT2D eigenvalue weighted by molar-refractivity contribution is 5.86. The van der Waals surface area contributed by atoms with Crippen LogP contribution in [0.15, 0.2) is 24.3 Å². The fraction of sp³-hybridized carbons (Fsp3) is 0.500. The third-order valence-corrected chi connectivity index (χ3v) is 3.31. The summed E-state index contributed by atoms with van der Waals surface area (Å²) in [4.78, 5) is 23.0.